The molecule has 0 aromatic heterocycles. The molecule has 1 nitrogen and oxygen atoms in total. The molecule has 1 fully saturated rings. The predicted molar refractivity (Wildman–Crippen MR) is 62.3 cm³/mol. The third-order valence-electron chi connectivity index (χ3n) is 3.25. The Morgan fingerprint density at radius 2 is 2.08 bits per heavy atom. The van der Waals surface area contributed by atoms with Crippen LogP contribution in [-0.4, -0.2) is 29.9 Å². The van der Waals surface area contributed by atoms with Gasteiger partial charge in [-0.05, 0) is 30.7 Å². The summed E-state index contributed by atoms with van der Waals surface area (Å²) in [5.41, 5.74) is 0. The van der Waals surface area contributed by atoms with E-state index in [1.807, 2.05) is 0 Å². The van der Waals surface area contributed by atoms with Crippen LogP contribution in [0.25, 0.3) is 0 Å². The Hall–Kier alpha value is 0.440. The maximum atomic E-state index is 3.54. The molecule has 3 atom stereocenters. The molecule has 0 spiro atoms. The molecule has 1 aliphatic rings. The van der Waals surface area contributed by atoms with Crippen molar-refractivity contribution >= 4 is 15.9 Å². The van der Waals surface area contributed by atoms with Gasteiger partial charge in [0.05, 0.1) is 0 Å². The fourth-order valence-electron chi connectivity index (χ4n) is 2.00. The number of piperidine rings is 1. The van der Waals surface area contributed by atoms with Crippen LogP contribution in [0.5, 0.6) is 0 Å². The van der Waals surface area contributed by atoms with E-state index >= 15 is 0 Å². The van der Waals surface area contributed by atoms with E-state index in [-0.39, 0.29) is 0 Å². The molecule has 0 N–H and O–H groups in total. The number of likely N-dealkylation sites (tertiary alicyclic amines) is 1. The lowest BCUT2D eigenvalue weighted by Crippen LogP contribution is -2.40. The zero-order chi connectivity index (χ0) is 9.84. The molecule has 3 unspecified atom stereocenters. The van der Waals surface area contributed by atoms with Gasteiger partial charge in [-0.2, -0.15) is 0 Å². The van der Waals surface area contributed by atoms with Crippen LogP contribution < -0.4 is 0 Å². The van der Waals surface area contributed by atoms with Gasteiger partial charge >= 0.3 is 0 Å². The molecule has 0 aromatic rings. The standard InChI is InChI=1S/C11H22BrN/c1-9(6-12)7-13-5-4-10(2)11(3)8-13/h9-11H,4-8H2,1-3H3. The molecule has 1 rings (SSSR count). The number of hydrogen-bond acceptors (Lipinski definition) is 1. The summed E-state index contributed by atoms with van der Waals surface area (Å²) in [7, 11) is 0. The summed E-state index contributed by atoms with van der Waals surface area (Å²) < 4.78 is 0. The van der Waals surface area contributed by atoms with Crippen LogP contribution in [0.2, 0.25) is 0 Å². The van der Waals surface area contributed by atoms with E-state index in [9.17, 15) is 0 Å². The minimum atomic E-state index is 0.792. The fourth-order valence-corrected chi connectivity index (χ4v) is 2.21. The normalized spacial score (nSPS) is 33.2. The molecular formula is C11H22BrN. The summed E-state index contributed by atoms with van der Waals surface area (Å²) in [6.07, 6.45) is 1.39. The van der Waals surface area contributed by atoms with Gasteiger partial charge in [-0.1, -0.05) is 36.7 Å². The van der Waals surface area contributed by atoms with Crippen molar-refractivity contribution in [2.75, 3.05) is 25.0 Å². The van der Waals surface area contributed by atoms with Crippen molar-refractivity contribution in [1.82, 2.24) is 4.90 Å². The van der Waals surface area contributed by atoms with Crippen molar-refractivity contribution in [1.29, 1.82) is 0 Å². The highest BCUT2D eigenvalue weighted by Crippen LogP contribution is 2.23. The van der Waals surface area contributed by atoms with Gasteiger partial charge in [0.2, 0.25) is 0 Å². The van der Waals surface area contributed by atoms with Crippen LogP contribution in [0.3, 0.4) is 0 Å². The van der Waals surface area contributed by atoms with Gasteiger partial charge in [-0.25, -0.2) is 0 Å². The molecule has 0 aliphatic carbocycles. The van der Waals surface area contributed by atoms with Gasteiger partial charge in [-0.3, -0.25) is 0 Å². The summed E-state index contributed by atoms with van der Waals surface area (Å²) in [5, 5.41) is 1.13. The van der Waals surface area contributed by atoms with Crippen molar-refractivity contribution in [2.24, 2.45) is 17.8 Å². The fraction of sp³-hybridized carbons (Fsp3) is 1.00. The summed E-state index contributed by atoms with van der Waals surface area (Å²) in [6.45, 7) is 11.0. The number of hydrogen-bond donors (Lipinski definition) is 0. The van der Waals surface area contributed by atoms with Gasteiger partial charge in [0, 0.05) is 18.4 Å². The first-order valence-electron chi connectivity index (χ1n) is 5.41. The van der Waals surface area contributed by atoms with E-state index in [0.717, 1.165) is 23.1 Å². The van der Waals surface area contributed by atoms with Crippen molar-refractivity contribution in [3.8, 4) is 0 Å². The molecule has 2 heteroatoms. The van der Waals surface area contributed by atoms with Gasteiger partial charge < -0.3 is 4.90 Å². The molecule has 0 radical (unpaired) electrons. The quantitative estimate of drug-likeness (QED) is 0.694. The molecule has 0 aromatic carbocycles. The second-order valence-electron chi connectivity index (χ2n) is 4.76. The van der Waals surface area contributed by atoms with E-state index in [0.29, 0.717) is 0 Å². The highest BCUT2D eigenvalue weighted by molar-refractivity contribution is 9.09. The molecule has 1 saturated heterocycles. The molecule has 1 aliphatic heterocycles. The Kier molecular flexibility index (Phi) is 4.74. The molecule has 0 saturated carbocycles. The lowest BCUT2D eigenvalue weighted by Gasteiger charge is -2.36. The average molecular weight is 248 g/mol. The van der Waals surface area contributed by atoms with Crippen LogP contribution in [-0.2, 0) is 0 Å². The number of halogens is 1. The topological polar surface area (TPSA) is 3.24 Å². The first-order chi connectivity index (χ1) is 6.13. The Labute approximate surface area is 91.0 Å². The predicted octanol–water partition coefficient (Wildman–Crippen LogP) is 3.00. The third-order valence-corrected chi connectivity index (χ3v) is 4.36. The number of rotatable bonds is 3. The van der Waals surface area contributed by atoms with Crippen molar-refractivity contribution in [3.63, 3.8) is 0 Å². The van der Waals surface area contributed by atoms with E-state index in [4.69, 9.17) is 0 Å². The molecule has 0 bridgehead atoms. The largest absolute Gasteiger partial charge is 0.303 e. The van der Waals surface area contributed by atoms with Gasteiger partial charge in [0.1, 0.15) is 0 Å². The number of nitrogens with zero attached hydrogens (tertiary/aromatic N) is 1. The first-order valence-corrected chi connectivity index (χ1v) is 6.54. The zero-order valence-corrected chi connectivity index (χ0v) is 10.7. The van der Waals surface area contributed by atoms with E-state index < -0.39 is 0 Å². The van der Waals surface area contributed by atoms with Crippen LogP contribution in [0.4, 0.5) is 0 Å². The maximum absolute atomic E-state index is 3.54. The van der Waals surface area contributed by atoms with Crippen LogP contribution in [0, 0.1) is 17.8 Å². The minimum Gasteiger partial charge on any atom is -0.303 e. The Morgan fingerprint density at radius 3 is 2.62 bits per heavy atom. The Balaban J connectivity index is 2.29. The number of alkyl halides is 1. The SMILES string of the molecule is CC(CBr)CN1CCC(C)C(C)C1. The van der Waals surface area contributed by atoms with E-state index in [1.54, 1.807) is 0 Å². The van der Waals surface area contributed by atoms with Crippen molar-refractivity contribution in [2.45, 2.75) is 27.2 Å². The molecule has 78 valence electrons. The van der Waals surface area contributed by atoms with Gasteiger partial charge in [0.15, 0.2) is 0 Å². The smallest absolute Gasteiger partial charge is 0.00692 e. The Bertz CT molecular complexity index is 147. The molecule has 0 amide bonds. The van der Waals surface area contributed by atoms with E-state index in [2.05, 4.69) is 41.6 Å². The van der Waals surface area contributed by atoms with Crippen molar-refractivity contribution < 1.29 is 0 Å². The lowest BCUT2D eigenvalue weighted by atomic mass is 9.88. The second kappa shape index (κ2) is 5.35. The summed E-state index contributed by atoms with van der Waals surface area (Å²) >= 11 is 3.54. The highest BCUT2D eigenvalue weighted by Gasteiger charge is 2.22. The van der Waals surface area contributed by atoms with Gasteiger partial charge in [0.25, 0.3) is 0 Å². The zero-order valence-electron chi connectivity index (χ0n) is 9.09. The summed E-state index contributed by atoms with van der Waals surface area (Å²) in [4.78, 5) is 2.62. The highest BCUT2D eigenvalue weighted by atomic mass is 79.9. The average Bonchev–Trinajstić information content (AvgIpc) is 2.11. The Morgan fingerprint density at radius 1 is 1.38 bits per heavy atom. The third kappa shape index (κ3) is 3.59. The molecular weight excluding hydrogens is 226 g/mol. The second-order valence-corrected chi connectivity index (χ2v) is 5.41. The van der Waals surface area contributed by atoms with Crippen LogP contribution >= 0.6 is 15.9 Å². The maximum Gasteiger partial charge on any atom is 0.00692 e. The monoisotopic (exact) mass is 247 g/mol. The molecule has 13 heavy (non-hydrogen) atoms. The van der Waals surface area contributed by atoms with E-state index in [1.165, 1.54) is 26.1 Å². The summed E-state index contributed by atoms with van der Waals surface area (Å²) in [5.74, 6) is 2.60. The summed E-state index contributed by atoms with van der Waals surface area (Å²) in [6, 6.07) is 0. The minimum absolute atomic E-state index is 0.792. The van der Waals surface area contributed by atoms with Crippen molar-refractivity contribution in [3.05, 3.63) is 0 Å². The van der Waals surface area contributed by atoms with Gasteiger partial charge in [-0.15, -0.1) is 0 Å². The lowest BCUT2D eigenvalue weighted by molar-refractivity contribution is 0.127. The van der Waals surface area contributed by atoms with Crippen LogP contribution in [0.15, 0.2) is 0 Å². The molecule has 1 heterocycles. The van der Waals surface area contributed by atoms with Crippen LogP contribution in [0.1, 0.15) is 27.2 Å². The first kappa shape index (κ1) is 11.5.